The second-order valence-corrected chi connectivity index (χ2v) is 5.95. The minimum absolute atomic E-state index is 0.0940. The lowest BCUT2D eigenvalue weighted by molar-refractivity contribution is -0.146. The van der Waals surface area contributed by atoms with Gasteiger partial charge in [0, 0.05) is 4.47 Å². The van der Waals surface area contributed by atoms with Crippen molar-refractivity contribution in [1.29, 1.82) is 0 Å². The first-order valence-corrected chi connectivity index (χ1v) is 8.07. The molecular formula is C15H14BrN5O3. The Morgan fingerprint density at radius 3 is 2.71 bits per heavy atom. The van der Waals surface area contributed by atoms with Gasteiger partial charge in [0.1, 0.15) is 12.4 Å². The number of nitrogens with zero attached hydrogens (tertiary/aromatic N) is 5. The van der Waals surface area contributed by atoms with Crippen molar-refractivity contribution >= 4 is 33.1 Å². The SMILES string of the molecule is CCOC(=O)[C@H](C)n1cnc2c(nnn2-c2ccc(Br)cc2)c1=O. The van der Waals surface area contributed by atoms with E-state index in [-0.39, 0.29) is 12.1 Å². The lowest BCUT2D eigenvalue weighted by Crippen LogP contribution is -2.29. The van der Waals surface area contributed by atoms with Gasteiger partial charge in [-0.15, -0.1) is 5.10 Å². The van der Waals surface area contributed by atoms with Crippen molar-refractivity contribution in [2.24, 2.45) is 0 Å². The van der Waals surface area contributed by atoms with E-state index in [1.807, 2.05) is 24.3 Å². The van der Waals surface area contributed by atoms with Gasteiger partial charge in [0.2, 0.25) is 0 Å². The molecule has 0 fully saturated rings. The number of aromatic nitrogens is 5. The van der Waals surface area contributed by atoms with Crippen LogP contribution in [0.2, 0.25) is 0 Å². The Balaban J connectivity index is 2.07. The number of hydrogen-bond acceptors (Lipinski definition) is 6. The standard InChI is InChI=1S/C15H14BrN5O3/c1-3-24-15(23)9(2)20-8-17-13-12(14(20)22)18-19-21(13)11-6-4-10(16)5-7-11/h4-9H,3H2,1-2H3/t9-/m0/s1. The molecule has 0 amide bonds. The second-order valence-electron chi connectivity index (χ2n) is 5.03. The first kappa shape index (κ1) is 16.3. The third kappa shape index (κ3) is 2.82. The Morgan fingerprint density at radius 2 is 2.04 bits per heavy atom. The molecule has 0 aliphatic rings. The van der Waals surface area contributed by atoms with E-state index < -0.39 is 17.6 Å². The quantitative estimate of drug-likeness (QED) is 0.630. The average molecular weight is 392 g/mol. The van der Waals surface area contributed by atoms with E-state index in [0.29, 0.717) is 5.65 Å². The zero-order valence-corrected chi connectivity index (χ0v) is 14.6. The van der Waals surface area contributed by atoms with E-state index in [1.165, 1.54) is 15.6 Å². The van der Waals surface area contributed by atoms with E-state index in [4.69, 9.17) is 4.74 Å². The third-order valence-corrected chi connectivity index (χ3v) is 4.03. The summed E-state index contributed by atoms with van der Waals surface area (Å²) in [5, 5.41) is 7.92. The maximum Gasteiger partial charge on any atom is 0.328 e. The van der Waals surface area contributed by atoms with Crippen molar-refractivity contribution in [1.82, 2.24) is 24.5 Å². The lowest BCUT2D eigenvalue weighted by atomic mass is 10.3. The zero-order chi connectivity index (χ0) is 17.3. The fourth-order valence-electron chi connectivity index (χ4n) is 2.23. The number of esters is 1. The van der Waals surface area contributed by atoms with E-state index >= 15 is 0 Å². The molecule has 0 saturated carbocycles. The van der Waals surface area contributed by atoms with Crippen molar-refractivity contribution < 1.29 is 9.53 Å². The topological polar surface area (TPSA) is 91.9 Å². The fourth-order valence-corrected chi connectivity index (χ4v) is 2.50. The summed E-state index contributed by atoms with van der Waals surface area (Å²) in [6, 6.07) is 6.58. The number of halogens is 1. The van der Waals surface area contributed by atoms with Gasteiger partial charge in [-0.25, -0.2) is 9.78 Å². The summed E-state index contributed by atoms with van der Waals surface area (Å²) in [5.41, 5.74) is 0.707. The highest BCUT2D eigenvalue weighted by atomic mass is 79.9. The number of carbonyl (C=O) groups is 1. The average Bonchev–Trinajstić information content (AvgIpc) is 3.00. The Bertz CT molecular complexity index is 948. The first-order valence-electron chi connectivity index (χ1n) is 7.28. The molecule has 0 saturated heterocycles. The number of benzene rings is 1. The molecule has 0 aliphatic carbocycles. The highest BCUT2D eigenvalue weighted by molar-refractivity contribution is 9.10. The molecule has 0 spiro atoms. The minimum Gasteiger partial charge on any atom is -0.464 e. The molecule has 0 aliphatic heterocycles. The zero-order valence-electron chi connectivity index (χ0n) is 13.0. The van der Waals surface area contributed by atoms with Crippen molar-refractivity contribution in [3.05, 3.63) is 45.4 Å². The second kappa shape index (κ2) is 6.52. The van der Waals surface area contributed by atoms with Crippen LogP contribution in [0.3, 0.4) is 0 Å². The number of carbonyl (C=O) groups excluding carboxylic acids is 1. The van der Waals surface area contributed by atoms with Gasteiger partial charge in [-0.2, -0.15) is 4.68 Å². The molecule has 8 nitrogen and oxygen atoms in total. The van der Waals surface area contributed by atoms with Gasteiger partial charge in [-0.05, 0) is 38.1 Å². The third-order valence-electron chi connectivity index (χ3n) is 3.50. The van der Waals surface area contributed by atoms with Crippen LogP contribution in [0.25, 0.3) is 16.9 Å². The molecule has 0 unspecified atom stereocenters. The van der Waals surface area contributed by atoms with Gasteiger partial charge < -0.3 is 4.74 Å². The summed E-state index contributed by atoms with van der Waals surface area (Å²) in [4.78, 5) is 28.6. The van der Waals surface area contributed by atoms with Crippen LogP contribution in [0.1, 0.15) is 19.9 Å². The van der Waals surface area contributed by atoms with Gasteiger partial charge in [0.05, 0.1) is 12.3 Å². The van der Waals surface area contributed by atoms with E-state index in [9.17, 15) is 9.59 Å². The molecule has 3 aromatic rings. The van der Waals surface area contributed by atoms with Crippen LogP contribution in [-0.2, 0) is 9.53 Å². The van der Waals surface area contributed by atoms with E-state index in [2.05, 4.69) is 31.2 Å². The van der Waals surface area contributed by atoms with Crippen molar-refractivity contribution in [3.8, 4) is 5.69 Å². The molecular weight excluding hydrogens is 378 g/mol. The first-order chi connectivity index (χ1) is 11.5. The molecule has 24 heavy (non-hydrogen) atoms. The molecule has 1 aromatic carbocycles. The Morgan fingerprint density at radius 1 is 1.33 bits per heavy atom. The molecule has 9 heteroatoms. The number of ether oxygens (including phenoxy) is 1. The lowest BCUT2D eigenvalue weighted by Gasteiger charge is -2.12. The molecule has 0 radical (unpaired) electrons. The Hall–Kier alpha value is -2.55. The highest BCUT2D eigenvalue weighted by Crippen LogP contribution is 2.16. The van der Waals surface area contributed by atoms with Crippen LogP contribution in [-0.4, -0.2) is 37.1 Å². The minimum atomic E-state index is -0.785. The van der Waals surface area contributed by atoms with Gasteiger partial charge in [0.15, 0.2) is 11.2 Å². The van der Waals surface area contributed by atoms with Gasteiger partial charge >= 0.3 is 5.97 Å². The summed E-state index contributed by atoms with van der Waals surface area (Å²) in [6.07, 6.45) is 1.31. The van der Waals surface area contributed by atoms with E-state index in [0.717, 1.165) is 10.2 Å². The number of rotatable bonds is 4. The van der Waals surface area contributed by atoms with Gasteiger partial charge in [-0.1, -0.05) is 21.1 Å². The molecule has 2 aromatic heterocycles. The summed E-state index contributed by atoms with van der Waals surface area (Å²) < 4.78 is 8.53. The summed E-state index contributed by atoms with van der Waals surface area (Å²) in [5.74, 6) is -0.499. The molecule has 3 rings (SSSR count). The predicted octanol–water partition coefficient (Wildman–Crippen LogP) is 1.86. The fraction of sp³-hybridized carbons (Fsp3) is 0.267. The van der Waals surface area contributed by atoms with Crippen LogP contribution in [0.15, 0.2) is 39.9 Å². The van der Waals surface area contributed by atoms with Crippen molar-refractivity contribution in [2.45, 2.75) is 19.9 Å². The molecule has 124 valence electrons. The van der Waals surface area contributed by atoms with Crippen molar-refractivity contribution in [3.63, 3.8) is 0 Å². The molecule has 0 bridgehead atoms. The molecule has 1 atom stereocenters. The Labute approximate surface area is 145 Å². The Kier molecular flexibility index (Phi) is 4.43. The maximum absolute atomic E-state index is 12.6. The van der Waals surface area contributed by atoms with Gasteiger partial charge in [-0.3, -0.25) is 9.36 Å². The van der Waals surface area contributed by atoms with Crippen LogP contribution < -0.4 is 5.56 Å². The summed E-state index contributed by atoms with van der Waals surface area (Å²) >= 11 is 3.36. The van der Waals surface area contributed by atoms with Crippen LogP contribution >= 0.6 is 15.9 Å². The van der Waals surface area contributed by atoms with Crippen molar-refractivity contribution in [2.75, 3.05) is 6.61 Å². The monoisotopic (exact) mass is 391 g/mol. The number of hydrogen-bond donors (Lipinski definition) is 0. The molecule has 0 N–H and O–H groups in total. The molecule has 2 heterocycles. The summed E-state index contributed by atoms with van der Waals surface area (Å²) in [7, 11) is 0. The maximum atomic E-state index is 12.6. The van der Waals surface area contributed by atoms with Crippen LogP contribution in [0, 0.1) is 0 Å². The highest BCUT2D eigenvalue weighted by Gasteiger charge is 2.21. The van der Waals surface area contributed by atoms with Crippen LogP contribution in [0.5, 0.6) is 0 Å². The largest absolute Gasteiger partial charge is 0.464 e. The summed E-state index contributed by atoms with van der Waals surface area (Å²) in [6.45, 7) is 3.53. The smallest absolute Gasteiger partial charge is 0.328 e. The van der Waals surface area contributed by atoms with Crippen LogP contribution in [0.4, 0.5) is 0 Å². The normalized spacial score (nSPS) is 12.3. The van der Waals surface area contributed by atoms with E-state index in [1.54, 1.807) is 13.8 Å². The number of fused-ring (bicyclic) bond motifs is 1. The van der Waals surface area contributed by atoms with Gasteiger partial charge in [0.25, 0.3) is 5.56 Å². The predicted molar refractivity (Wildman–Crippen MR) is 90.0 cm³/mol.